The largest absolute Gasteiger partial charge is 0.390 e. The fraction of sp³-hybridized carbons (Fsp3) is 0.520. The third kappa shape index (κ3) is 3.99. The SMILES string of the molecule is Cl.OC(CNC12CC3CC(CC(C3)C1)C2)Cn1c2ccc(Br)cc2c2cc(Br)ccc21. The van der Waals surface area contributed by atoms with E-state index in [2.05, 4.69) is 78.1 Å². The third-order valence-corrected chi connectivity index (χ3v) is 8.92. The van der Waals surface area contributed by atoms with Gasteiger partial charge in [-0.05, 0) is 92.7 Å². The van der Waals surface area contributed by atoms with Gasteiger partial charge >= 0.3 is 0 Å². The highest BCUT2D eigenvalue weighted by atomic mass is 79.9. The maximum absolute atomic E-state index is 11.0. The lowest BCUT2D eigenvalue weighted by Crippen LogP contribution is -2.59. The Labute approximate surface area is 206 Å². The van der Waals surface area contributed by atoms with E-state index in [0.29, 0.717) is 18.6 Å². The number of hydrogen-bond acceptors (Lipinski definition) is 2. The van der Waals surface area contributed by atoms with Gasteiger partial charge in [0.25, 0.3) is 0 Å². The second-order valence-corrected chi connectivity index (χ2v) is 12.0. The van der Waals surface area contributed by atoms with Crippen molar-refractivity contribution < 1.29 is 5.11 Å². The fourth-order valence-electron chi connectivity index (χ4n) is 7.18. The summed E-state index contributed by atoms with van der Waals surface area (Å²) in [6.45, 7) is 1.29. The van der Waals surface area contributed by atoms with E-state index in [1.165, 1.54) is 60.3 Å². The van der Waals surface area contributed by atoms with E-state index in [-0.39, 0.29) is 12.4 Å². The number of benzene rings is 2. The molecule has 1 atom stereocenters. The highest BCUT2D eigenvalue weighted by molar-refractivity contribution is 9.10. The van der Waals surface area contributed by atoms with Crippen molar-refractivity contribution >= 4 is 66.1 Å². The Bertz CT molecular complexity index is 1030. The summed E-state index contributed by atoms with van der Waals surface area (Å²) >= 11 is 7.24. The van der Waals surface area contributed by atoms with Gasteiger partial charge in [-0.3, -0.25) is 0 Å². The summed E-state index contributed by atoms with van der Waals surface area (Å²) in [6, 6.07) is 12.9. The maximum atomic E-state index is 11.0. The third-order valence-electron chi connectivity index (χ3n) is 7.93. The molecule has 4 fully saturated rings. The Balaban J connectivity index is 0.00000204. The molecule has 1 heterocycles. The average molecular weight is 569 g/mol. The summed E-state index contributed by atoms with van der Waals surface area (Å²) < 4.78 is 4.45. The van der Waals surface area contributed by atoms with Crippen molar-refractivity contribution in [2.75, 3.05) is 6.54 Å². The van der Waals surface area contributed by atoms with Gasteiger partial charge in [0.2, 0.25) is 0 Å². The Kier molecular flexibility index (Phi) is 5.96. The van der Waals surface area contributed by atoms with Gasteiger partial charge < -0.3 is 15.0 Å². The van der Waals surface area contributed by atoms with Crippen LogP contribution in [-0.4, -0.2) is 27.9 Å². The molecule has 3 nitrogen and oxygen atoms in total. The average Bonchev–Trinajstić information content (AvgIpc) is 2.98. The first kappa shape index (κ1) is 22.2. The van der Waals surface area contributed by atoms with Crippen LogP contribution in [0.4, 0.5) is 0 Å². The molecular weight excluding hydrogens is 540 g/mol. The van der Waals surface area contributed by atoms with Gasteiger partial charge in [0.05, 0.1) is 12.6 Å². The topological polar surface area (TPSA) is 37.2 Å². The van der Waals surface area contributed by atoms with E-state index < -0.39 is 6.10 Å². The summed E-state index contributed by atoms with van der Waals surface area (Å²) in [4.78, 5) is 0. The molecule has 0 amide bonds. The van der Waals surface area contributed by atoms with Crippen LogP contribution >= 0.6 is 44.3 Å². The lowest BCUT2D eigenvalue weighted by molar-refractivity contribution is -0.0252. The first-order valence-corrected chi connectivity index (χ1v) is 12.9. The Morgan fingerprint density at radius 1 is 0.903 bits per heavy atom. The van der Waals surface area contributed by atoms with E-state index >= 15 is 0 Å². The van der Waals surface area contributed by atoms with Crippen LogP contribution in [0.2, 0.25) is 0 Å². The molecule has 1 aromatic heterocycles. The summed E-state index contributed by atoms with van der Waals surface area (Å²) in [7, 11) is 0. The van der Waals surface area contributed by atoms with E-state index in [1.54, 1.807) is 0 Å². The molecule has 166 valence electrons. The minimum absolute atomic E-state index is 0. The maximum Gasteiger partial charge on any atom is 0.0843 e. The van der Waals surface area contributed by atoms with Crippen molar-refractivity contribution in [2.24, 2.45) is 17.8 Å². The van der Waals surface area contributed by atoms with Crippen LogP contribution in [0, 0.1) is 17.8 Å². The molecule has 0 spiro atoms. The normalized spacial score (nSPS) is 30.1. The Morgan fingerprint density at radius 3 is 1.87 bits per heavy atom. The second kappa shape index (κ2) is 8.32. The van der Waals surface area contributed by atoms with Crippen molar-refractivity contribution in [1.82, 2.24) is 9.88 Å². The molecule has 0 aliphatic heterocycles. The Morgan fingerprint density at radius 2 is 1.39 bits per heavy atom. The van der Waals surface area contributed by atoms with E-state index in [9.17, 15) is 5.11 Å². The summed E-state index contributed by atoms with van der Waals surface area (Å²) in [6.07, 6.45) is 7.93. The highest BCUT2D eigenvalue weighted by Crippen LogP contribution is 2.55. The lowest BCUT2D eigenvalue weighted by atomic mass is 9.53. The fourth-order valence-corrected chi connectivity index (χ4v) is 7.90. The molecule has 4 bridgehead atoms. The van der Waals surface area contributed by atoms with E-state index in [4.69, 9.17) is 0 Å². The zero-order chi connectivity index (χ0) is 20.5. The second-order valence-electron chi connectivity index (χ2n) is 10.2. The van der Waals surface area contributed by atoms with Gasteiger partial charge in [0.1, 0.15) is 0 Å². The van der Waals surface area contributed by atoms with Crippen LogP contribution < -0.4 is 5.32 Å². The van der Waals surface area contributed by atoms with Gasteiger partial charge in [0.15, 0.2) is 0 Å². The number of hydrogen-bond donors (Lipinski definition) is 2. The number of fused-ring (bicyclic) bond motifs is 3. The van der Waals surface area contributed by atoms with Crippen LogP contribution in [-0.2, 0) is 6.54 Å². The molecule has 2 aromatic carbocycles. The van der Waals surface area contributed by atoms with Crippen LogP contribution in [0.25, 0.3) is 21.8 Å². The molecule has 0 radical (unpaired) electrons. The number of aliphatic hydroxyl groups excluding tert-OH is 1. The molecule has 1 unspecified atom stereocenters. The molecule has 2 N–H and O–H groups in total. The Hall–Kier alpha value is -0.590. The van der Waals surface area contributed by atoms with Gasteiger partial charge in [-0.1, -0.05) is 31.9 Å². The van der Waals surface area contributed by atoms with E-state index in [0.717, 1.165) is 26.7 Å². The molecule has 6 heteroatoms. The van der Waals surface area contributed by atoms with Gasteiger partial charge in [0, 0.05) is 42.8 Å². The van der Waals surface area contributed by atoms with Gasteiger partial charge in [-0.2, -0.15) is 0 Å². The van der Waals surface area contributed by atoms with Crippen molar-refractivity contribution in [3.8, 4) is 0 Å². The van der Waals surface area contributed by atoms with Gasteiger partial charge in [-0.25, -0.2) is 0 Å². The molecule has 4 saturated carbocycles. The van der Waals surface area contributed by atoms with Crippen molar-refractivity contribution in [1.29, 1.82) is 0 Å². The summed E-state index contributed by atoms with van der Waals surface area (Å²) in [5.41, 5.74) is 2.66. The number of rotatable bonds is 5. The number of β-amino-alcohol motifs (C(OH)–C–C–N with tert-alkyl or cyclic N) is 1. The number of halogens is 3. The molecule has 4 aliphatic rings. The molecule has 0 saturated heterocycles. The molecule has 4 aliphatic carbocycles. The number of aromatic nitrogens is 1. The van der Waals surface area contributed by atoms with E-state index in [1.807, 2.05) is 0 Å². The zero-order valence-corrected chi connectivity index (χ0v) is 21.5. The first-order valence-electron chi connectivity index (χ1n) is 11.3. The number of nitrogens with one attached hydrogen (secondary N) is 1. The van der Waals surface area contributed by atoms with Crippen LogP contribution in [0.3, 0.4) is 0 Å². The first-order chi connectivity index (χ1) is 14.5. The monoisotopic (exact) mass is 566 g/mol. The van der Waals surface area contributed by atoms with Crippen LogP contribution in [0.5, 0.6) is 0 Å². The summed E-state index contributed by atoms with van der Waals surface area (Å²) in [5.74, 6) is 2.78. The smallest absolute Gasteiger partial charge is 0.0843 e. The van der Waals surface area contributed by atoms with Crippen molar-refractivity contribution in [3.63, 3.8) is 0 Å². The molecule has 3 aromatic rings. The van der Waals surface area contributed by atoms with Crippen molar-refractivity contribution in [2.45, 2.75) is 56.7 Å². The lowest BCUT2D eigenvalue weighted by Gasteiger charge is -2.57. The zero-order valence-electron chi connectivity index (χ0n) is 17.5. The molecule has 31 heavy (non-hydrogen) atoms. The van der Waals surface area contributed by atoms with Crippen molar-refractivity contribution in [3.05, 3.63) is 45.3 Å². The minimum atomic E-state index is -0.399. The van der Waals surface area contributed by atoms with Gasteiger partial charge in [-0.15, -0.1) is 12.4 Å². The number of aliphatic hydroxyl groups is 1. The summed E-state index contributed by atoms with van der Waals surface area (Å²) in [5, 5.41) is 17.4. The van der Waals surface area contributed by atoms with Crippen LogP contribution in [0.15, 0.2) is 45.3 Å². The predicted molar refractivity (Wildman–Crippen MR) is 137 cm³/mol. The molecule has 7 rings (SSSR count). The quantitative estimate of drug-likeness (QED) is 0.361. The standard InChI is InChI=1S/C25H28Br2N2O.ClH/c26-18-1-3-23-21(8-18)22-9-19(27)2-4-24(22)29(23)14-20(30)13-28-25-10-15-5-16(11-25)7-17(6-15)12-25;/h1-4,8-9,15-17,20,28,30H,5-7,10-14H2;1H. The molecular formula is C25H29Br2ClN2O. The predicted octanol–water partition coefficient (Wildman–Crippen LogP) is 6.66. The minimum Gasteiger partial charge on any atom is -0.390 e. The van der Waals surface area contributed by atoms with Crippen LogP contribution in [0.1, 0.15) is 38.5 Å². The number of nitrogens with zero attached hydrogens (tertiary/aromatic N) is 1. The highest BCUT2D eigenvalue weighted by Gasteiger charge is 2.50.